The molecule has 0 N–H and O–H groups in total. The number of hydrogen-bond acceptors (Lipinski definition) is 2. The Morgan fingerprint density at radius 2 is 2.00 bits per heavy atom. The van der Waals surface area contributed by atoms with Gasteiger partial charge in [-0.05, 0) is 42.9 Å². The summed E-state index contributed by atoms with van der Waals surface area (Å²) in [5.74, 6) is 0.278. The second-order valence-corrected chi connectivity index (χ2v) is 6.30. The van der Waals surface area contributed by atoms with E-state index in [0.29, 0.717) is 6.42 Å². The number of allylic oxidation sites excluding steroid dienone is 3. The fourth-order valence-electron chi connectivity index (χ4n) is 3.55. The highest BCUT2D eigenvalue weighted by Gasteiger charge is 2.28. The summed E-state index contributed by atoms with van der Waals surface area (Å²) in [6.45, 7) is 5.14. The Bertz CT molecular complexity index is 672. The molecule has 0 spiro atoms. The number of nitrogens with zero attached hydrogens (tertiary/aromatic N) is 1. The lowest BCUT2D eigenvalue weighted by molar-refractivity contribution is -0.115. The van der Waals surface area contributed by atoms with Gasteiger partial charge in [0.25, 0.3) is 0 Å². The van der Waals surface area contributed by atoms with Crippen molar-refractivity contribution in [1.82, 2.24) is 0 Å². The van der Waals surface area contributed by atoms with E-state index >= 15 is 0 Å². The summed E-state index contributed by atoms with van der Waals surface area (Å²) in [7, 11) is 0. The van der Waals surface area contributed by atoms with Crippen LogP contribution in [0.25, 0.3) is 0 Å². The van der Waals surface area contributed by atoms with E-state index in [-0.39, 0.29) is 5.78 Å². The molecule has 2 aliphatic rings. The molecule has 0 fully saturated rings. The summed E-state index contributed by atoms with van der Waals surface area (Å²) in [4.78, 5) is 14.5. The highest BCUT2D eigenvalue weighted by molar-refractivity contribution is 6.31. The zero-order chi connectivity index (χ0) is 15.7. The van der Waals surface area contributed by atoms with E-state index in [0.717, 1.165) is 42.8 Å². The van der Waals surface area contributed by atoms with Crippen molar-refractivity contribution in [3.63, 3.8) is 0 Å². The van der Waals surface area contributed by atoms with Gasteiger partial charge in [0.05, 0.1) is 0 Å². The van der Waals surface area contributed by atoms with Gasteiger partial charge >= 0.3 is 0 Å². The van der Waals surface area contributed by atoms with Gasteiger partial charge in [-0.2, -0.15) is 0 Å². The molecule has 0 unspecified atom stereocenters. The van der Waals surface area contributed by atoms with Crippen molar-refractivity contribution in [2.45, 2.75) is 46.0 Å². The van der Waals surface area contributed by atoms with Crippen LogP contribution in [-0.4, -0.2) is 12.3 Å². The molecule has 1 aromatic carbocycles. The van der Waals surface area contributed by atoms with E-state index in [9.17, 15) is 4.79 Å². The molecule has 0 bridgehead atoms. The van der Waals surface area contributed by atoms with Crippen molar-refractivity contribution in [2.75, 3.05) is 11.4 Å². The summed E-state index contributed by atoms with van der Waals surface area (Å²) in [5, 5.41) is 0.827. The van der Waals surface area contributed by atoms with Gasteiger partial charge in [-0.25, -0.2) is 0 Å². The second kappa shape index (κ2) is 6.29. The number of ketones is 1. The van der Waals surface area contributed by atoms with Crippen LogP contribution in [0.5, 0.6) is 0 Å². The smallest absolute Gasteiger partial charge is 0.164 e. The van der Waals surface area contributed by atoms with Gasteiger partial charge < -0.3 is 4.90 Å². The van der Waals surface area contributed by atoms with Crippen LogP contribution < -0.4 is 4.90 Å². The van der Waals surface area contributed by atoms with Gasteiger partial charge in [-0.1, -0.05) is 43.7 Å². The van der Waals surface area contributed by atoms with Crippen LogP contribution in [0.4, 0.5) is 5.69 Å². The number of carbonyl (C=O) groups is 1. The predicted octanol–water partition coefficient (Wildman–Crippen LogP) is 4.85. The van der Waals surface area contributed by atoms with Gasteiger partial charge in [-0.3, -0.25) is 4.79 Å². The lowest BCUT2D eigenvalue weighted by atomic mass is 9.90. The molecule has 0 saturated heterocycles. The number of anilines is 1. The Labute approximate surface area is 137 Å². The zero-order valence-electron chi connectivity index (χ0n) is 13.3. The molecule has 1 aromatic rings. The number of hydrogen-bond donors (Lipinski definition) is 0. The third kappa shape index (κ3) is 2.50. The minimum Gasteiger partial charge on any atom is -0.340 e. The highest BCUT2D eigenvalue weighted by Crippen LogP contribution is 2.39. The Balaban J connectivity index is 2.17. The number of aryl methyl sites for hydroxylation is 1. The van der Waals surface area contributed by atoms with Crippen LogP contribution in [0.1, 0.15) is 44.2 Å². The van der Waals surface area contributed by atoms with E-state index < -0.39 is 0 Å². The highest BCUT2D eigenvalue weighted by atomic mass is 35.5. The number of benzene rings is 1. The van der Waals surface area contributed by atoms with Crippen LogP contribution in [0.15, 0.2) is 35.6 Å². The first-order chi connectivity index (χ1) is 10.7. The topological polar surface area (TPSA) is 20.3 Å². The van der Waals surface area contributed by atoms with Crippen molar-refractivity contribution in [1.29, 1.82) is 0 Å². The SMILES string of the molecule is CCc1ccc(Cl)c(CC)c1N1CC=CC2=C1CCCC2=O. The first-order valence-corrected chi connectivity index (χ1v) is 8.55. The maximum atomic E-state index is 12.2. The molecule has 1 heterocycles. The summed E-state index contributed by atoms with van der Waals surface area (Å²) in [6.07, 6.45) is 8.58. The van der Waals surface area contributed by atoms with Crippen molar-refractivity contribution >= 4 is 23.1 Å². The van der Waals surface area contributed by atoms with E-state index in [2.05, 4.69) is 30.9 Å². The van der Waals surface area contributed by atoms with Gasteiger partial charge in [0.2, 0.25) is 0 Å². The fraction of sp³-hybridized carbons (Fsp3) is 0.421. The van der Waals surface area contributed by atoms with Crippen LogP contribution in [-0.2, 0) is 17.6 Å². The van der Waals surface area contributed by atoms with Crippen LogP contribution in [0.3, 0.4) is 0 Å². The molecular formula is C19H22ClNO. The third-order valence-corrected chi connectivity index (χ3v) is 4.99. The van der Waals surface area contributed by atoms with Gasteiger partial charge in [0.15, 0.2) is 5.78 Å². The number of carbonyl (C=O) groups excluding carboxylic acids is 1. The van der Waals surface area contributed by atoms with Gasteiger partial charge in [-0.15, -0.1) is 0 Å². The average Bonchev–Trinajstić information content (AvgIpc) is 2.54. The zero-order valence-corrected chi connectivity index (χ0v) is 14.0. The van der Waals surface area contributed by atoms with E-state index in [1.807, 2.05) is 12.1 Å². The monoisotopic (exact) mass is 315 g/mol. The van der Waals surface area contributed by atoms with Crippen LogP contribution in [0, 0.1) is 0 Å². The Morgan fingerprint density at radius 1 is 1.18 bits per heavy atom. The lowest BCUT2D eigenvalue weighted by Gasteiger charge is -2.36. The van der Waals surface area contributed by atoms with Crippen molar-refractivity contribution < 1.29 is 4.79 Å². The van der Waals surface area contributed by atoms with E-state index in [1.165, 1.54) is 22.5 Å². The largest absolute Gasteiger partial charge is 0.340 e. The van der Waals surface area contributed by atoms with Crippen molar-refractivity contribution in [3.8, 4) is 0 Å². The molecule has 2 nitrogen and oxygen atoms in total. The molecule has 0 radical (unpaired) electrons. The summed E-state index contributed by atoms with van der Waals surface area (Å²) >= 11 is 6.45. The quantitative estimate of drug-likeness (QED) is 0.795. The Morgan fingerprint density at radius 3 is 2.73 bits per heavy atom. The molecule has 3 rings (SSSR count). The molecule has 116 valence electrons. The summed E-state index contributed by atoms with van der Waals surface area (Å²) in [6, 6.07) is 4.13. The molecule has 0 amide bonds. The normalized spacial score (nSPS) is 18.0. The van der Waals surface area contributed by atoms with E-state index in [1.54, 1.807) is 0 Å². The lowest BCUT2D eigenvalue weighted by Crippen LogP contribution is -2.32. The first-order valence-electron chi connectivity index (χ1n) is 8.18. The fourth-order valence-corrected chi connectivity index (χ4v) is 3.83. The van der Waals surface area contributed by atoms with Gasteiger partial charge in [0.1, 0.15) is 0 Å². The van der Waals surface area contributed by atoms with Gasteiger partial charge in [0, 0.05) is 34.9 Å². The van der Waals surface area contributed by atoms with Crippen LogP contribution in [0.2, 0.25) is 5.02 Å². The molecule has 1 aliphatic carbocycles. The Hall–Kier alpha value is -1.54. The second-order valence-electron chi connectivity index (χ2n) is 5.89. The number of Topliss-reactive ketones (excluding diaryl/α,β-unsaturated/α-hetero) is 1. The molecule has 0 aromatic heterocycles. The molecule has 3 heteroatoms. The minimum atomic E-state index is 0.278. The van der Waals surface area contributed by atoms with Crippen molar-refractivity contribution in [2.24, 2.45) is 0 Å². The molecule has 0 atom stereocenters. The Kier molecular flexibility index (Phi) is 4.39. The third-order valence-electron chi connectivity index (χ3n) is 4.64. The summed E-state index contributed by atoms with van der Waals surface area (Å²) < 4.78 is 0. The predicted molar refractivity (Wildman–Crippen MR) is 92.6 cm³/mol. The maximum Gasteiger partial charge on any atom is 0.164 e. The molecule has 1 aliphatic heterocycles. The number of halogens is 1. The first kappa shape index (κ1) is 15.4. The van der Waals surface area contributed by atoms with E-state index in [4.69, 9.17) is 11.6 Å². The maximum absolute atomic E-state index is 12.2. The van der Waals surface area contributed by atoms with Crippen molar-refractivity contribution in [3.05, 3.63) is 51.7 Å². The standard InChI is InChI=1S/C19H22ClNO/c1-3-13-10-11-16(20)14(4-2)19(13)21-12-6-7-15-17(21)8-5-9-18(15)22/h6-7,10-11H,3-5,8-9,12H2,1-2H3. The molecule has 0 saturated carbocycles. The number of rotatable bonds is 3. The summed E-state index contributed by atoms with van der Waals surface area (Å²) in [5.41, 5.74) is 5.82. The minimum absolute atomic E-state index is 0.278. The molecular weight excluding hydrogens is 294 g/mol. The van der Waals surface area contributed by atoms with Crippen LogP contribution >= 0.6 is 11.6 Å². The molecule has 22 heavy (non-hydrogen) atoms. The average molecular weight is 316 g/mol.